The van der Waals surface area contributed by atoms with Crippen LogP contribution in [-0.2, 0) is 12.7 Å². The number of aromatic nitrogens is 2. The van der Waals surface area contributed by atoms with Crippen LogP contribution in [0.1, 0.15) is 29.9 Å². The molecule has 1 atom stereocenters. The largest absolute Gasteiger partial charge is 0.417 e. The van der Waals surface area contributed by atoms with Crippen LogP contribution in [0.15, 0.2) is 36.7 Å². The molecule has 0 amide bonds. The smallest absolute Gasteiger partial charge is 0.303 e. The third-order valence-corrected chi connectivity index (χ3v) is 2.94. The summed E-state index contributed by atoms with van der Waals surface area (Å²) in [6.45, 7) is 1.94. The minimum absolute atomic E-state index is 0.218. The zero-order valence-corrected chi connectivity index (χ0v) is 11.2. The van der Waals surface area contributed by atoms with E-state index in [2.05, 4.69) is 15.3 Å². The Bertz CT molecular complexity index is 596. The third-order valence-electron chi connectivity index (χ3n) is 2.94. The standard InChI is InChI=1S/C14H13F4N3/c1-9(13-12(15)3-2-6-19-13)20-8-11-5-4-10(7-21-11)14(16,17)18/h2-7,9,20H,8H2,1H3. The minimum Gasteiger partial charge on any atom is -0.303 e. The van der Waals surface area contributed by atoms with Crippen LogP contribution >= 0.6 is 0 Å². The van der Waals surface area contributed by atoms with Gasteiger partial charge >= 0.3 is 6.18 Å². The lowest BCUT2D eigenvalue weighted by Gasteiger charge is -2.14. The highest BCUT2D eigenvalue weighted by Crippen LogP contribution is 2.28. The second-order valence-electron chi connectivity index (χ2n) is 4.51. The lowest BCUT2D eigenvalue weighted by molar-refractivity contribution is -0.137. The van der Waals surface area contributed by atoms with E-state index in [9.17, 15) is 17.6 Å². The van der Waals surface area contributed by atoms with Gasteiger partial charge in [0, 0.05) is 25.0 Å². The van der Waals surface area contributed by atoms with E-state index in [1.165, 1.54) is 24.4 Å². The molecule has 1 N–H and O–H groups in total. The van der Waals surface area contributed by atoms with Crippen LogP contribution in [0.2, 0.25) is 0 Å². The number of hydrogen-bond acceptors (Lipinski definition) is 3. The summed E-state index contributed by atoms with van der Waals surface area (Å²) < 4.78 is 50.7. The fourth-order valence-electron chi connectivity index (χ4n) is 1.77. The van der Waals surface area contributed by atoms with Crippen LogP contribution in [0.4, 0.5) is 17.6 Å². The minimum atomic E-state index is -4.40. The maximum Gasteiger partial charge on any atom is 0.417 e. The average Bonchev–Trinajstić information content (AvgIpc) is 2.45. The molecule has 0 aliphatic carbocycles. The number of rotatable bonds is 4. The van der Waals surface area contributed by atoms with Crippen molar-refractivity contribution in [2.24, 2.45) is 0 Å². The van der Waals surface area contributed by atoms with Crippen molar-refractivity contribution in [2.45, 2.75) is 25.7 Å². The molecule has 112 valence electrons. The Labute approximate surface area is 119 Å². The number of nitrogens with zero attached hydrogens (tertiary/aromatic N) is 2. The molecule has 0 saturated carbocycles. The van der Waals surface area contributed by atoms with E-state index in [-0.39, 0.29) is 18.3 Å². The van der Waals surface area contributed by atoms with Crippen LogP contribution in [0.25, 0.3) is 0 Å². The van der Waals surface area contributed by atoms with E-state index in [1.54, 1.807) is 6.92 Å². The Morgan fingerprint density at radius 1 is 1.19 bits per heavy atom. The number of pyridine rings is 2. The molecular formula is C14H13F4N3. The first-order chi connectivity index (χ1) is 9.88. The molecule has 0 radical (unpaired) electrons. The Balaban J connectivity index is 1.99. The van der Waals surface area contributed by atoms with Crippen LogP contribution in [0, 0.1) is 5.82 Å². The average molecular weight is 299 g/mol. The van der Waals surface area contributed by atoms with E-state index in [0.29, 0.717) is 5.69 Å². The highest BCUT2D eigenvalue weighted by Gasteiger charge is 2.30. The fourth-order valence-corrected chi connectivity index (χ4v) is 1.77. The van der Waals surface area contributed by atoms with Crippen LogP contribution in [0.5, 0.6) is 0 Å². The molecule has 0 aliphatic heterocycles. The van der Waals surface area contributed by atoms with Gasteiger partial charge in [-0.25, -0.2) is 4.39 Å². The zero-order chi connectivity index (χ0) is 15.5. The number of halogens is 4. The summed E-state index contributed by atoms with van der Waals surface area (Å²) in [5, 5.41) is 2.97. The monoisotopic (exact) mass is 299 g/mol. The molecule has 0 bridgehead atoms. The van der Waals surface area contributed by atoms with Crippen LogP contribution in [0.3, 0.4) is 0 Å². The molecule has 1 unspecified atom stereocenters. The Morgan fingerprint density at radius 3 is 2.52 bits per heavy atom. The van der Waals surface area contributed by atoms with E-state index < -0.39 is 17.6 Å². The van der Waals surface area contributed by atoms with Gasteiger partial charge in [-0.1, -0.05) is 0 Å². The van der Waals surface area contributed by atoms with Crippen molar-refractivity contribution in [1.82, 2.24) is 15.3 Å². The van der Waals surface area contributed by atoms with E-state index >= 15 is 0 Å². The Kier molecular flexibility index (Phi) is 4.52. The molecule has 2 heterocycles. The molecule has 0 spiro atoms. The number of hydrogen-bond donors (Lipinski definition) is 1. The van der Waals surface area contributed by atoms with Gasteiger partial charge in [0.15, 0.2) is 0 Å². The summed E-state index contributed by atoms with van der Waals surface area (Å²) in [4.78, 5) is 7.67. The molecule has 3 nitrogen and oxygen atoms in total. The molecule has 0 aromatic carbocycles. The van der Waals surface area contributed by atoms with Crippen molar-refractivity contribution in [3.8, 4) is 0 Å². The molecule has 0 aliphatic rings. The molecule has 21 heavy (non-hydrogen) atoms. The molecule has 0 saturated heterocycles. The first-order valence-electron chi connectivity index (χ1n) is 6.24. The van der Waals surface area contributed by atoms with Gasteiger partial charge in [0.1, 0.15) is 5.82 Å². The van der Waals surface area contributed by atoms with Crippen molar-refractivity contribution in [3.63, 3.8) is 0 Å². The summed E-state index contributed by atoms with van der Waals surface area (Å²) >= 11 is 0. The van der Waals surface area contributed by atoms with Crippen LogP contribution in [-0.4, -0.2) is 9.97 Å². The quantitative estimate of drug-likeness (QED) is 0.878. The highest BCUT2D eigenvalue weighted by molar-refractivity contribution is 5.17. The van der Waals surface area contributed by atoms with Crippen molar-refractivity contribution in [1.29, 1.82) is 0 Å². The number of nitrogens with one attached hydrogen (secondary N) is 1. The second kappa shape index (κ2) is 6.17. The summed E-state index contributed by atoms with van der Waals surface area (Å²) in [7, 11) is 0. The van der Waals surface area contributed by atoms with Gasteiger partial charge in [0.05, 0.1) is 17.0 Å². The van der Waals surface area contributed by atoms with Crippen molar-refractivity contribution >= 4 is 0 Å². The number of alkyl halides is 3. The molecule has 7 heteroatoms. The summed E-state index contributed by atoms with van der Waals surface area (Å²) in [6, 6.07) is 4.67. The van der Waals surface area contributed by atoms with Gasteiger partial charge in [-0.2, -0.15) is 13.2 Å². The predicted octanol–water partition coefficient (Wildman–Crippen LogP) is 3.49. The first-order valence-corrected chi connectivity index (χ1v) is 6.24. The highest BCUT2D eigenvalue weighted by atomic mass is 19.4. The van der Waals surface area contributed by atoms with Gasteiger partial charge in [-0.15, -0.1) is 0 Å². The lowest BCUT2D eigenvalue weighted by atomic mass is 10.2. The van der Waals surface area contributed by atoms with Gasteiger partial charge in [-0.05, 0) is 31.2 Å². The Hall–Kier alpha value is -2.02. The van der Waals surface area contributed by atoms with E-state index in [1.807, 2.05) is 0 Å². The SMILES string of the molecule is CC(NCc1ccc(C(F)(F)F)cn1)c1ncccc1F. The third kappa shape index (κ3) is 3.98. The maximum atomic E-state index is 13.5. The van der Waals surface area contributed by atoms with Gasteiger partial charge in [0.2, 0.25) is 0 Å². The second-order valence-corrected chi connectivity index (χ2v) is 4.51. The topological polar surface area (TPSA) is 37.8 Å². The van der Waals surface area contributed by atoms with Gasteiger partial charge < -0.3 is 5.32 Å². The fraction of sp³-hybridized carbons (Fsp3) is 0.286. The predicted molar refractivity (Wildman–Crippen MR) is 68.7 cm³/mol. The molecule has 0 fully saturated rings. The molecule has 2 aromatic rings. The molecule has 2 aromatic heterocycles. The van der Waals surface area contributed by atoms with Gasteiger partial charge in [0.25, 0.3) is 0 Å². The molecule has 2 rings (SSSR count). The van der Waals surface area contributed by atoms with Crippen molar-refractivity contribution < 1.29 is 17.6 Å². The summed E-state index contributed by atoms with van der Waals surface area (Å²) in [5.74, 6) is -0.433. The Morgan fingerprint density at radius 2 is 1.95 bits per heavy atom. The van der Waals surface area contributed by atoms with Gasteiger partial charge in [-0.3, -0.25) is 9.97 Å². The molecular weight excluding hydrogens is 286 g/mol. The van der Waals surface area contributed by atoms with E-state index in [4.69, 9.17) is 0 Å². The van der Waals surface area contributed by atoms with Crippen molar-refractivity contribution in [2.75, 3.05) is 0 Å². The first kappa shape index (κ1) is 15.4. The maximum absolute atomic E-state index is 13.5. The normalized spacial score (nSPS) is 13.2. The zero-order valence-electron chi connectivity index (χ0n) is 11.2. The summed E-state index contributed by atoms with van der Waals surface area (Å²) in [5.41, 5.74) is -0.106. The lowest BCUT2D eigenvalue weighted by Crippen LogP contribution is -2.21. The van der Waals surface area contributed by atoms with Crippen LogP contribution < -0.4 is 5.32 Å². The van der Waals surface area contributed by atoms with Crippen molar-refractivity contribution in [3.05, 3.63) is 59.4 Å². The summed E-state index contributed by atoms with van der Waals surface area (Å²) in [6.07, 6.45) is -2.14. The van der Waals surface area contributed by atoms with E-state index in [0.717, 1.165) is 12.3 Å².